The summed E-state index contributed by atoms with van der Waals surface area (Å²) in [4.78, 5) is 36.8. The molecule has 1 aromatic carbocycles. The van der Waals surface area contributed by atoms with Crippen LogP contribution in [0.5, 0.6) is 5.75 Å². The second-order valence-electron chi connectivity index (χ2n) is 9.43. The highest BCUT2D eigenvalue weighted by molar-refractivity contribution is 5.92. The predicted octanol–water partition coefficient (Wildman–Crippen LogP) is 3.54. The van der Waals surface area contributed by atoms with Crippen molar-refractivity contribution < 1.29 is 23.9 Å². The molecule has 0 aliphatic heterocycles. The molecule has 6 heteroatoms. The molecule has 0 aromatic heterocycles. The largest absolute Gasteiger partial charge is 0.497 e. The molecular formula is C25H31NO5. The fraction of sp³-hybridized carbons (Fsp3) is 0.560. The molecule has 5 rings (SSSR count). The van der Waals surface area contributed by atoms with Gasteiger partial charge in [-0.15, -0.1) is 0 Å². The molecule has 4 bridgehead atoms. The Balaban J connectivity index is 1.15. The summed E-state index contributed by atoms with van der Waals surface area (Å²) in [7, 11) is 1.60. The topological polar surface area (TPSA) is 81.7 Å². The summed E-state index contributed by atoms with van der Waals surface area (Å²) in [5, 5.41) is 2.67. The summed E-state index contributed by atoms with van der Waals surface area (Å²) in [5.41, 5.74) is 0.633. The van der Waals surface area contributed by atoms with Crippen molar-refractivity contribution in [2.75, 3.05) is 20.3 Å². The SMILES string of the molecule is COc1ccc(/C=C/C(=O)NCCC(=O)OCC(=O)C23CC4CC(CC(C4)C2)C3)cc1. The van der Waals surface area contributed by atoms with Crippen molar-refractivity contribution in [2.24, 2.45) is 23.2 Å². The molecule has 6 nitrogen and oxygen atoms in total. The molecule has 4 aliphatic carbocycles. The molecule has 0 unspecified atom stereocenters. The average Bonchev–Trinajstić information content (AvgIpc) is 2.75. The number of carbonyl (C=O) groups is 3. The summed E-state index contributed by atoms with van der Waals surface area (Å²) in [5.74, 6) is 2.19. The van der Waals surface area contributed by atoms with E-state index in [0.717, 1.165) is 30.6 Å². The Morgan fingerprint density at radius 3 is 2.23 bits per heavy atom. The van der Waals surface area contributed by atoms with E-state index < -0.39 is 5.97 Å². The van der Waals surface area contributed by atoms with Crippen LogP contribution in [0.3, 0.4) is 0 Å². The number of esters is 1. The van der Waals surface area contributed by atoms with Crippen LogP contribution < -0.4 is 10.1 Å². The van der Waals surface area contributed by atoms with E-state index in [4.69, 9.17) is 9.47 Å². The van der Waals surface area contributed by atoms with E-state index in [-0.39, 0.29) is 36.7 Å². The number of ether oxygens (including phenoxy) is 2. The molecule has 4 saturated carbocycles. The minimum Gasteiger partial charge on any atom is -0.497 e. The fourth-order valence-electron chi connectivity index (χ4n) is 6.06. The lowest BCUT2D eigenvalue weighted by Crippen LogP contribution is -2.51. The van der Waals surface area contributed by atoms with Crippen LogP contribution in [0.15, 0.2) is 30.3 Å². The van der Waals surface area contributed by atoms with Gasteiger partial charge in [-0.3, -0.25) is 14.4 Å². The van der Waals surface area contributed by atoms with Crippen molar-refractivity contribution >= 4 is 23.7 Å². The Morgan fingerprint density at radius 2 is 1.65 bits per heavy atom. The molecule has 4 aliphatic rings. The van der Waals surface area contributed by atoms with Crippen LogP contribution in [0.2, 0.25) is 0 Å². The highest BCUT2D eigenvalue weighted by atomic mass is 16.5. The molecule has 1 N–H and O–H groups in total. The van der Waals surface area contributed by atoms with Gasteiger partial charge in [-0.25, -0.2) is 0 Å². The molecule has 1 aromatic rings. The number of hydrogen-bond acceptors (Lipinski definition) is 5. The third kappa shape index (κ3) is 5.17. The van der Waals surface area contributed by atoms with Crippen LogP contribution in [0.4, 0.5) is 0 Å². The van der Waals surface area contributed by atoms with Crippen LogP contribution in [0.1, 0.15) is 50.5 Å². The lowest BCUT2D eigenvalue weighted by atomic mass is 9.48. The average molecular weight is 426 g/mol. The van der Waals surface area contributed by atoms with E-state index in [1.807, 2.05) is 24.3 Å². The third-order valence-corrected chi connectivity index (χ3v) is 7.17. The highest BCUT2D eigenvalue weighted by Gasteiger charge is 2.54. The Morgan fingerprint density at radius 1 is 1.03 bits per heavy atom. The van der Waals surface area contributed by atoms with Crippen molar-refractivity contribution in [3.8, 4) is 5.75 Å². The Hall–Kier alpha value is -2.63. The van der Waals surface area contributed by atoms with Gasteiger partial charge in [0, 0.05) is 18.0 Å². The van der Waals surface area contributed by atoms with Gasteiger partial charge in [-0.2, -0.15) is 0 Å². The van der Waals surface area contributed by atoms with E-state index in [9.17, 15) is 14.4 Å². The molecule has 0 atom stereocenters. The van der Waals surface area contributed by atoms with Crippen LogP contribution in [0.25, 0.3) is 6.08 Å². The summed E-state index contributed by atoms with van der Waals surface area (Å²) < 4.78 is 10.4. The number of rotatable bonds is 9. The first-order valence-corrected chi connectivity index (χ1v) is 11.2. The van der Waals surface area contributed by atoms with Gasteiger partial charge in [-0.05, 0) is 80.1 Å². The van der Waals surface area contributed by atoms with E-state index in [2.05, 4.69) is 5.32 Å². The molecule has 31 heavy (non-hydrogen) atoms. The first-order chi connectivity index (χ1) is 15.0. The lowest BCUT2D eigenvalue weighted by Gasteiger charge is -2.55. The van der Waals surface area contributed by atoms with Gasteiger partial charge in [0.2, 0.25) is 5.91 Å². The number of benzene rings is 1. The maximum atomic E-state index is 12.9. The van der Waals surface area contributed by atoms with Crippen molar-refractivity contribution in [1.82, 2.24) is 5.32 Å². The van der Waals surface area contributed by atoms with E-state index in [0.29, 0.717) is 17.8 Å². The molecule has 0 saturated heterocycles. The number of hydrogen-bond donors (Lipinski definition) is 1. The quantitative estimate of drug-likeness (QED) is 0.483. The first kappa shape index (κ1) is 21.6. The van der Waals surface area contributed by atoms with E-state index in [1.165, 1.54) is 25.3 Å². The van der Waals surface area contributed by atoms with Gasteiger partial charge in [0.1, 0.15) is 5.75 Å². The second-order valence-corrected chi connectivity index (χ2v) is 9.43. The lowest BCUT2D eigenvalue weighted by molar-refractivity contribution is -0.157. The van der Waals surface area contributed by atoms with Gasteiger partial charge >= 0.3 is 5.97 Å². The maximum Gasteiger partial charge on any atom is 0.308 e. The zero-order chi connectivity index (χ0) is 21.8. The monoisotopic (exact) mass is 425 g/mol. The Kier molecular flexibility index (Phi) is 6.44. The van der Waals surface area contributed by atoms with Gasteiger partial charge < -0.3 is 14.8 Å². The Bertz CT molecular complexity index is 822. The molecule has 1 amide bonds. The summed E-state index contributed by atoms with van der Waals surface area (Å²) in [6.07, 6.45) is 9.93. The third-order valence-electron chi connectivity index (χ3n) is 7.17. The molecule has 4 fully saturated rings. The molecule has 0 radical (unpaired) electrons. The van der Waals surface area contributed by atoms with Crippen molar-refractivity contribution in [3.05, 3.63) is 35.9 Å². The van der Waals surface area contributed by atoms with Crippen molar-refractivity contribution in [2.45, 2.75) is 44.9 Å². The number of ketones is 1. The van der Waals surface area contributed by atoms with Gasteiger partial charge in [-0.1, -0.05) is 12.1 Å². The van der Waals surface area contributed by atoms with Crippen LogP contribution in [0, 0.1) is 23.2 Å². The van der Waals surface area contributed by atoms with Gasteiger partial charge in [0.15, 0.2) is 12.4 Å². The van der Waals surface area contributed by atoms with Crippen molar-refractivity contribution in [3.63, 3.8) is 0 Å². The first-order valence-electron chi connectivity index (χ1n) is 11.2. The standard InChI is InChI=1S/C25H31NO5/c1-30-21-5-2-17(3-6-21)4-7-23(28)26-9-8-24(29)31-16-22(27)25-13-18-10-19(14-25)12-20(11-18)15-25/h2-7,18-20H,8-16H2,1H3,(H,26,28)/b7-4+. The highest BCUT2D eigenvalue weighted by Crippen LogP contribution is 2.60. The molecular weight excluding hydrogens is 394 g/mol. The number of methoxy groups -OCH3 is 1. The van der Waals surface area contributed by atoms with Crippen LogP contribution in [-0.2, 0) is 19.1 Å². The van der Waals surface area contributed by atoms with Crippen LogP contribution >= 0.6 is 0 Å². The summed E-state index contributed by atoms with van der Waals surface area (Å²) >= 11 is 0. The van der Waals surface area contributed by atoms with E-state index in [1.54, 1.807) is 13.2 Å². The minimum atomic E-state index is -0.447. The zero-order valence-corrected chi connectivity index (χ0v) is 18.1. The zero-order valence-electron chi connectivity index (χ0n) is 18.1. The molecule has 0 spiro atoms. The summed E-state index contributed by atoms with van der Waals surface area (Å²) in [6, 6.07) is 7.33. The van der Waals surface area contributed by atoms with E-state index >= 15 is 0 Å². The number of carbonyl (C=O) groups excluding carboxylic acids is 3. The number of amides is 1. The fourth-order valence-corrected chi connectivity index (χ4v) is 6.06. The minimum absolute atomic E-state index is 0.0519. The summed E-state index contributed by atoms with van der Waals surface area (Å²) in [6.45, 7) is 0.0481. The number of nitrogens with one attached hydrogen (secondary N) is 1. The van der Waals surface area contributed by atoms with Crippen LogP contribution in [-0.4, -0.2) is 37.9 Å². The van der Waals surface area contributed by atoms with Gasteiger partial charge in [0.05, 0.1) is 13.5 Å². The molecule has 0 heterocycles. The second kappa shape index (κ2) is 9.25. The number of Topliss-reactive ketones (excluding diaryl/α,β-unsaturated/α-hetero) is 1. The maximum absolute atomic E-state index is 12.9. The smallest absolute Gasteiger partial charge is 0.308 e. The predicted molar refractivity (Wildman–Crippen MR) is 116 cm³/mol. The normalized spacial score (nSPS) is 28.5. The van der Waals surface area contributed by atoms with Crippen molar-refractivity contribution in [1.29, 1.82) is 0 Å². The van der Waals surface area contributed by atoms with Gasteiger partial charge in [0.25, 0.3) is 0 Å². The Labute approximate surface area is 183 Å². The molecule has 166 valence electrons.